The van der Waals surface area contributed by atoms with E-state index in [0.29, 0.717) is 12.5 Å². The van der Waals surface area contributed by atoms with Crippen LogP contribution in [0.1, 0.15) is 41.5 Å². The second-order valence-electron chi connectivity index (χ2n) is 6.26. The van der Waals surface area contributed by atoms with Crippen LogP contribution in [0.3, 0.4) is 0 Å². The molecule has 0 aromatic carbocycles. The molecule has 0 aromatic heterocycles. The Hall–Kier alpha value is -0.610. The smallest absolute Gasteiger partial charge is 0.229 e. The minimum absolute atomic E-state index is 0.177. The molecule has 0 atom stereocenters. The molecular formula is C15H33N3O. The standard InChI is InChI=1S/C15H33N3O/c1-7-17(8-2)9-10-18(11-13(3)4)14(19)15(5,6)12-16/h13H,7-12,16H2,1-6H3. The summed E-state index contributed by atoms with van der Waals surface area (Å²) >= 11 is 0. The Morgan fingerprint density at radius 3 is 2.05 bits per heavy atom. The van der Waals surface area contributed by atoms with E-state index < -0.39 is 5.41 Å². The summed E-state index contributed by atoms with van der Waals surface area (Å²) < 4.78 is 0. The minimum atomic E-state index is -0.460. The highest BCUT2D eigenvalue weighted by Crippen LogP contribution is 2.18. The van der Waals surface area contributed by atoms with Gasteiger partial charge < -0.3 is 15.5 Å². The van der Waals surface area contributed by atoms with Crippen LogP contribution in [0.5, 0.6) is 0 Å². The summed E-state index contributed by atoms with van der Waals surface area (Å²) in [5.41, 5.74) is 5.27. The van der Waals surface area contributed by atoms with Crippen molar-refractivity contribution in [2.24, 2.45) is 17.1 Å². The number of rotatable bonds is 9. The van der Waals surface area contributed by atoms with E-state index in [9.17, 15) is 4.79 Å². The lowest BCUT2D eigenvalue weighted by Gasteiger charge is -2.33. The number of hydrogen-bond acceptors (Lipinski definition) is 3. The summed E-state index contributed by atoms with van der Waals surface area (Å²) in [6.07, 6.45) is 0. The normalized spacial score (nSPS) is 12.3. The Morgan fingerprint density at radius 2 is 1.68 bits per heavy atom. The lowest BCUT2D eigenvalue weighted by Crippen LogP contribution is -2.48. The van der Waals surface area contributed by atoms with Crippen LogP contribution in [0.2, 0.25) is 0 Å². The van der Waals surface area contributed by atoms with Gasteiger partial charge in [-0.3, -0.25) is 4.79 Å². The average Bonchev–Trinajstić information content (AvgIpc) is 2.37. The molecule has 2 N–H and O–H groups in total. The number of likely N-dealkylation sites (N-methyl/N-ethyl adjacent to an activating group) is 1. The highest BCUT2D eigenvalue weighted by Gasteiger charge is 2.30. The molecule has 0 aliphatic heterocycles. The topological polar surface area (TPSA) is 49.6 Å². The van der Waals surface area contributed by atoms with Crippen LogP contribution in [-0.2, 0) is 4.79 Å². The van der Waals surface area contributed by atoms with Crippen molar-refractivity contribution < 1.29 is 4.79 Å². The molecule has 0 rings (SSSR count). The molecule has 19 heavy (non-hydrogen) atoms. The molecule has 1 amide bonds. The molecule has 4 heteroatoms. The van der Waals surface area contributed by atoms with E-state index in [4.69, 9.17) is 5.73 Å². The van der Waals surface area contributed by atoms with Crippen LogP contribution >= 0.6 is 0 Å². The number of hydrogen-bond donors (Lipinski definition) is 1. The molecule has 4 nitrogen and oxygen atoms in total. The number of nitrogens with two attached hydrogens (primary N) is 1. The third kappa shape index (κ3) is 6.39. The van der Waals surface area contributed by atoms with E-state index in [1.807, 2.05) is 18.7 Å². The quantitative estimate of drug-likeness (QED) is 0.695. The molecule has 114 valence electrons. The highest BCUT2D eigenvalue weighted by atomic mass is 16.2. The predicted molar refractivity (Wildman–Crippen MR) is 82.0 cm³/mol. The molecule has 0 spiro atoms. The fourth-order valence-corrected chi connectivity index (χ4v) is 2.03. The molecule has 0 aliphatic rings. The zero-order chi connectivity index (χ0) is 15.1. The van der Waals surface area contributed by atoms with Gasteiger partial charge in [0.15, 0.2) is 0 Å². The molecule has 0 saturated carbocycles. The maximum Gasteiger partial charge on any atom is 0.229 e. The first-order chi connectivity index (χ1) is 8.78. The zero-order valence-corrected chi connectivity index (χ0v) is 13.7. The molecule has 0 saturated heterocycles. The fraction of sp³-hybridized carbons (Fsp3) is 0.933. The Morgan fingerprint density at radius 1 is 1.16 bits per heavy atom. The largest absolute Gasteiger partial charge is 0.341 e. The number of carbonyl (C=O) groups is 1. The number of carbonyl (C=O) groups excluding carboxylic acids is 1. The number of nitrogens with zero attached hydrogens (tertiary/aromatic N) is 2. The van der Waals surface area contributed by atoms with E-state index in [-0.39, 0.29) is 5.91 Å². The first-order valence-electron chi connectivity index (χ1n) is 7.50. The maximum atomic E-state index is 12.5. The number of amides is 1. The van der Waals surface area contributed by atoms with Crippen molar-refractivity contribution in [3.8, 4) is 0 Å². The van der Waals surface area contributed by atoms with Gasteiger partial charge in [0.05, 0.1) is 5.41 Å². The van der Waals surface area contributed by atoms with Gasteiger partial charge in [0.1, 0.15) is 0 Å². The van der Waals surface area contributed by atoms with Gasteiger partial charge in [0, 0.05) is 26.2 Å². The zero-order valence-electron chi connectivity index (χ0n) is 13.7. The van der Waals surface area contributed by atoms with Gasteiger partial charge in [0.2, 0.25) is 5.91 Å². The van der Waals surface area contributed by atoms with E-state index in [2.05, 4.69) is 32.6 Å². The molecule has 0 heterocycles. The van der Waals surface area contributed by atoms with Crippen LogP contribution in [0.4, 0.5) is 0 Å². The minimum Gasteiger partial charge on any atom is -0.341 e. The van der Waals surface area contributed by atoms with Crippen LogP contribution in [0.15, 0.2) is 0 Å². The Labute approximate surface area is 119 Å². The molecular weight excluding hydrogens is 238 g/mol. The third-order valence-electron chi connectivity index (χ3n) is 3.54. The second kappa shape index (κ2) is 8.54. The van der Waals surface area contributed by atoms with Crippen LogP contribution < -0.4 is 5.73 Å². The third-order valence-corrected chi connectivity index (χ3v) is 3.54. The molecule has 0 aliphatic carbocycles. The van der Waals surface area contributed by atoms with Gasteiger partial charge in [-0.15, -0.1) is 0 Å². The molecule has 0 unspecified atom stereocenters. The second-order valence-corrected chi connectivity index (χ2v) is 6.26. The first kappa shape index (κ1) is 18.4. The van der Waals surface area contributed by atoms with Crippen molar-refractivity contribution in [2.75, 3.05) is 39.3 Å². The summed E-state index contributed by atoms with van der Waals surface area (Å²) in [4.78, 5) is 16.9. The lowest BCUT2D eigenvalue weighted by molar-refractivity contribution is -0.140. The van der Waals surface area contributed by atoms with E-state index in [0.717, 1.165) is 32.7 Å². The first-order valence-corrected chi connectivity index (χ1v) is 7.50. The summed E-state index contributed by atoms with van der Waals surface area (Å²) in [5.74, 6) is 0.657. The van der Waals surface area contributed by atoms with Gasteiger partial charge in [-0.2, -0.15) is 0 Å². The monoisotopic (exact) mass is 271 g/mol. The Balaban J connectivity index is 4.67. The molecule has 0 aromatic rings. The van der Waals surface area contributed by atoms with Crippen LogP contribution in [0, 0.1) is 11.3 Å². The average molecular weight is 271 g/mol. The fourth-order valence-electron chi connectivity index (χ4n) is 2.03. The summed E-state index contributed by atoms with van der Waals surface area (Å²) in [6, 6.07) is 0. The van der Waals surface area contributed by atoms with Crippen LogP contribution in [0.25, 0.3) is 0 Å². The lowest BCUT2D eigenvalue weighted by atomic mass is 9.91. The molecule has 0 radical (unpaired) electrons. The SMILES string of the molecule is CCN(CC)CCN(CC(C)C)C(=O)C(C)(C)CN. The van der Waals surface area contributed by atoms with Crippen molar-refractivity contribution in [3.05, 3.63) is 0 Å². The van der Waals surface area contributed by atoms with Gasteiger partial charge in [-0.05, 0) is 32.9 Å². The summed E-state index contributed by atoms with van der Waals surface area (Å²) in [5, 5.41) is 0. The Bertz CT molecular complexity index is 260. The summed E-state index contributed by atoms with van der Waals surface area (Å²) in [6.45, 7) is 17.5. The van der Waals surface area contributed by atoms with Gasteiger partial charge >= 0.3 is 0 Å². The van der Waals surface area contributed by atoms with Crippen molar-refractivity contribution in [3.63, 3.8) is 0 Å². The van der Waals surface area contributed by atoms with Crippen molar-refractivity contribution in [1.82, 2.24) is 9.80 Å². The van der Waals surface area contributed by atoms with Crippen molar-refractivity contribution in [2.45, 2.75) is 41.5 Å². The van der Waals surface area contributed by atoms with E-state index in [1.165, 1.54) is 0 Å². The van der Waals surface area contributed by atoms with Gasteiger partial charge in [0.25, 0.3) is 0 Å². The molecule has 0 fully saturated rings. The maximum absolute atomic E-state index is 12.5. The van der Waals surface area contributed by atoms with Gasteiger partial charge in [-0.1, -0.05) is 27.7 Å². The molecule has 0 bridgehead atoms. The van der Waals surface area contributed by atoms with E-state index >= 15 is 0 Å². The summed E-state index contributed by atoms with van der Waals surface area (Å²) in [7, 11) is 0. The van der Waals surface area contributed by atoms with Crippen molar-refractivity contribution >= 4 is 5.91 Å². The predicted octanol–water partition coefficient (Wildman–Crippen LogP) is 1.80. The van der Waals surface area contributed by atoms with Gasteiger partial charge in [-0.25, -0.2) is 0 Å². The van der Waals surface area contributed by atoms with Crippen LogP contribution in [-0.4, -0.2) is 55.0 Å². The highest BCUT2D eigenvalue weighted by molar-refractivity contribution is 5.82. The van der Waals surface area contributed by atoms with E-state index in [1.54, 1.807) is 0 Å². The van der Waals surface area contributed by atoms with Crippen molar-refractivity contribution in [1.29, 1.82) is 0 Å². The Kier molecular flexibility index (Phi) is 8.26.